The van der Waals surface area contributed by atoms with Crippen LogP contribution >= 0.6 is 0 Å². The monoisotopic (exact) mass is 1360 g/mol. The third kappa shape index (κ3) is 15.5. The largest absolute Gasteiger partial charge is 0.494 e. The summed E-state index contributed by atoms with van der Waals surface area (Å²) in [7, 11) is 2.93. The summed E-state index contributed by atoms with van der Waals surface area (Å²) in [6.07, 6.45) is -5.29. The van der Waals surface area contributed by atoms with E-state index in [2.05, 4.69) is 31.1 Å². The number of aromatic nitrogens is 9. The molecule has 34 nitrogen and oxygen atoms in total. The van der Waals surface area contributed by atoms with Crippen LogP contribution in [0.2, 0.25) is 0 Å². The molecule has 11 N–H and O–H groups in total. The number of aryl methyl sites for hydroxylation is 4. The lowest BCUT2D eigenvalue weighted by Gasteiger charge is -2.38. The molecule has 0 saturated carbocycles. The standard InChI is InChI=1S/C65H72N16O18/c1-7-80-42(26-33(3)74-80)38-14-13-37-51-53(45(95-6)31-41(70-51)59(67)90)78(60(37)71-38)22-9-10-23-79-52-40(72-64(79)73-61(91)43-27-34(4)75-81(43)8-2)29-36(58(66)89)30-46(52)96-25-11-21-76(5)65(94)97-32-35-12-15-44(98-63-56(88)54(86)55(87)57(99-63)62(92)93)39(28-35)69-48(83)18-20-68-47(82)19-24-77-49(84)16-17-50(77)85/h9-10,12-17,26-31,54-57,63,86-88H,7-8,11,18-25,32H2,1-6H3,(H2,66,89)(H2,67,90)(H,68,82)(H,69,83)(H,92,93)(H,72,73,91)/b10-9+/t54-,55-,56+,57-,63+/m0/s1. The average Bonchev–Trinajstić information content (AvgIpc) is 1.60. The van der Waals surface area contributed by atoms with Crippen LogP contribution in [0.4, 0.5) is 16.4 Å². The van der Waals surface area contributed by atoms with Crippen LogP contribution in [0.3, 0.4) is 0 Å². The highest BCUT2D eigenvalue weighted by Gasteiger charge is 2.48. The predicted molar refractivity (Wildman–Crippen MR) is 351 cm³/mol. The number of fused-ring (bicyclic) bond motifs is 4. The molecule has 8 heterocycles. The maximum Gasteiger partial charge on any atom is 0.409 e. The summed E-state index contributed by atoms with van der Waals surface area (Å²) < 4.78 is 35.9. The number of imide groups is 1. The van der Waals surface area contributed by atoms with Gasteiger partial charge in [0.05, 0.1) is 47.7 Å². The van der Waals surface area contributed by atoms with E-state index < -0.39 is 90.7 Å². The molecule has 2 aliphatic heterocycles. The Kier molecular flexibility index (Phi) is 21.4. The SMILES string of the molecule is CCn1nc(C)cc1C(=O)Nc1nc2cc(C(N)=O)cc(OCCCN(C)C(=O)OCc3ccc(O[C@@H]4O[C@H](C(=O)O)[C@@H](O)[C@H](O)[C@H]4O)c(NC(=O)CCNC(=O)CCN4C(=O)C=CC4=O)c3)c2n1C/C=C/Cn1c2nc(-c3cc(C)nn3CC)ccc2c2nc(C(N)=O)cc(OC)c21. The Morgan fingerprint density at radius 2 is 1.47 bits per heavy atom. The smallest absolute Gasteiger partial charge is 0.409 e. The minimum atomic E-state index is -2.03. The van der Waals surface area contributed by atoms with Gasteiger partial charge in [-0.05, 0) is 88.2 Å². The number of ether oxygens (including phenoxy) is 5. The first-order valence-electron chi connectivity index (χ1n) is 31.3. The summed E-state index contributed by atoms with van der Waals surface area (Å²) in [6.45, 7) is 7.86. The van der Waals surface area contributed by atoms with Crippen LogP contribution in [0, 0.1) is 13.8 Å². The lowest BCUT2D eigenvalue weighted by atomic mass is 9.99. The minimum absolute atomic E-state index is 0.0101. The number of pyridine rings is 2. The maximum atomic E-state index is 14.1. The van der Waals surface area contributed by atoms with Gasteiger partial charge < -0.3 is 80.2 Å². The number of aliphatic hydroxyl groups is 3. The Hall–Kier alpha value is -11.6. The molecule has 6 aromatic heterocycles. The van der Waals surface area contributed by atoms with Crippen LogP contribution in [0.15, 0.2) is 85.0 Å². The Morgan fingerprint density at radius 1 is 0.758 bits per heavy atom. The number of carboxylic acids is 1. The van der Waals surface area contributed by atoms with Crippen LogP contribution in [0.1, 0.15) is 81.4 Å². The molecule has 10 rings (SSSR count). The molecule has 0 aliphatic carbocycles. The number of anilines is 2. The second kappa shape index (κ2) is 30.2. The number of aliphatic carboxylic acids is 1. The van der Waals surface area contributed by atoms with Crippen LogP contribution in [-0.4, -0.2) is 198 Å². The van der Waals surface area contributed by atoms with Gasteiger partial charge in [0.1, 0.15) is 75.8 Å². The first-order chi connectivity index (χ1) is 47.4. The number of nitrogens with two attached hydrogens (primary N) is 2. The molecule has 1 fully saturated rings. The van der Waals surface area contributed by atoms with E-state index in [9.17, 15) is 63.6 Å². The Balaban J connectivity index is 0.859. The summed E-state index contributed by atoms with van der Waals surface area (Å²) in [4.78, 5) is 131. The Labute approximate surface area is 562 Å². The van der Waals surface area contributed by atoms with E-state index in [-0.39, 0.29) is 110 Å². The molecule has 8 amide bonds. The van der Waals surface area contributed by atoms with E-state index in [1.54, 1.807) is 22.2 Å². The number of primary amides is 2. The van der Waals surface area contributed by atoms with Gasteiger partial charge in [-0.2, -0.15) is 10.2 Å². The van der Waals surface area contributed by atoms with Crippen molar-refractivity contribution in [2.45, 2.75) is 110 Å². The van der Waals surface area contributed by atoms with Gasteiger partial charge >= 0.3 is 12.1 Å². The number of aliphatic hydroxyl groups excluding tert-OH is 3. The van der Waals surface area contributed by atoms with E-state index >= 15 is 0 Å². The highest BCUT2D eigenvalue weighted by atomic mass is 16.7. The minimum Gasteiger partial charge on any atom is -0.494 e. The zero-order valence-corrected chi connectivity index (χ0v) is 54.5. The quantitative estimate of drug-likeness (QED) is 0.0185. The number of carbonyl (C=O) groups excluding carboxylic acids is 8. The van der Waals surface area contributed by atoms with Crippen molar-refractivity contribution in [3.8, 4) is 28.6 Å². The summed E-state index contributed by atoms with van der Waals surface area (Å²) in [5.74, 6) is -5.85. The Bertz CT molecular complexity index is 4550. The molecule has 0 unspecified atom stereocenters. The van der Waals surface area contributed by atoms with Gasteiger partial charge in [-0.3, -0.25) is 53.1 Å². The maximum absolute atomic E-state index is 14.1. The number of allylic oxidation sites excluding steroid dienone is 2. The van der Waals surface area contributed by atoms with E-state index in [1.807, 2.05) is 60.4 Å². The third-order valence-corrected chi connectivity index (χ3v) is 16.1. The van der Waals surface area contributed by atoms with E-state index in [4.69, 9.17) is 45.1 Å². The van der Waals surface area contributed by atoms with Gasteiger partial charge in [0.25, 0.3) is 23.6 Å². The van der Waals surface area contributed by atoms with Gasteiger partial charge in [-0.25, -0.2) is 24.5 Å². The molecule has 34 heteroatoms. The number of nitrogens with zero attached hydrogens (tertiary/aromatic N) is 11. The summed E-state index contributed by atoms with van der Waals surface area (Å²) in [5.41, 5.74) is 16.9. The number of rotatable bonds is 29. The molecule has 1 saturated heterocycles. The number of imidazole rings is 1. The van der Waals surface area contributed by atoms with Crippen molar-refractivity contribution in [2.24, 2.45) is 11.5 Å². The van der Waals surface area contributed by atoms with Crippen LogP contribution in [0.25, 0.3) is 44.5 Å². The van der Waals surface area contributed by atoms with E-state index in [0.717, 1.165) is 28.4 Å². The van der Waals surface area contributed by atoms with E-state index in [1.165, 1.54) is 55.5 Å². The van der Waals surface area contributed by atoms with Crippen molar-refractivity contribution in [1.29, 1.82) is 0 Å². The van der Waals surface area contributed by atoms with Gasteiger partial charge in [0, 0.05) is 94.9 Å². The zero-order chi connectivity index (χ0) is 71.1. The lowest BCUT2D eigenvalue weighted by Crippen LogP contribution is -2.61. The molecule has 0 radical (unpaired) electrons. The lowest BCUT2D eigenvalue weighted by molar-refractivity contribution is -0.271. The number of carbonyl (C=O) groups is 9. The van der Waals surface area contributed by atoms with Crippen molar-refractivity contribution in [2.75, 3.05) is 51.0 Å². The molecular weight excluding hydrogens is 1290 g/mol. The van der Waals surface area contributed by atoms with Gasteiger partial charge in [-0.1, -0.05) is 18.2 Å². The molecule has 520 valence electrons. The highest BCUT2D eigenvalue weighted by molar-refractivity contribution is 6.13. The number of hydrogen-bond donors (Lipinski definition) is 9. The average molecular weight is 1370 g/mol. The number of carboxylic acid groups (broad SMARTS) is 1. The first-order valence-corrected chi connectivity index (χ1v) is 31.3. The summed E-state index contributed by atoms with van der Waals surface area (Å²) in [5, 5.41) is 58.8. The van der Waals surface area contributed by atoms with Crippen LogP contribution in [-0.2, 0) is 66.2 Å². The second-order valence-corrected chi connectivity index (χ2v) is 23.0. The molecule has 0 bridgehead atoms. The molecule has 0 spiro atoms. The van der Waals surface area contributed by atoms with Crippen LogP contribution in [0.5, 0.6) is 17.2 Å². The van der Waals surface area contributed by atoms with Gasteiger partial charge in [-0.15, -0.1) is 0 Å². The Morgan fingerprint density at radius 3 is 2.17 bits per heavy atom. The number of amides is 8. The normalized spacial score (nSPS) is 16.8. The molecule has 2 aromatic carbocycles. The van der Waals surface area contributed by atoms with Crippen molar-refractivity contribution in [3.63, 3.8) is 0 Å². The molecule has 99 heavy (non-hydrogen) atoms. The fraction of sp³-hybridized carbons (Fsp3) is 0.354. The highest BCUT2D eigenvalue weighted by Crippen LogP contribution is 2.37. The second-order valence-electron chi connectivity index (χ2n) is 23.0. The van der Waals surface area contributed by atoms with Crippen molar-refractivity contribution >= 4 is 98.1 Å². The topological polar surface area (TPSA) is 459 Å². The zero-order valence-electron chi connectivity index (χ0n) is 54.5. The van der Waals surface area contributed by atoms with Crippen molar-refractivity contribution in [3.05, 3.63) is 119 Å². The van der Waals surface area contributed by atoms with E-state index in [0.29, 0.717) is 57.8 Å². The summed E-state index contributed by atoms with van der Waals surface area (Å²) >= 11 is 0. The molecule has 8 aromatic rings. The third-order valence-electron chi connectivity index (χ3n) is 16.1. The molecule has 5 atom stereocenters. The molecule has 2 aliphatic rings. The molecular formula is C65H72N16O18. The number of methoxy groups -OCH3 is 1. The van der Waals surface area contributed by atoms with Crippen molar-refractivity contribution in [1.82, 2.24) is 58.8 Å². The van der Waals surface area contributed by atoms with Gasteiger partial charge in [0.15, 0.2) is 6.10 Å². The van der Waals surface area contributed by atoms with Crippen molar-refractivity contribution < 1.29 is 87.3 Å². The van der Waals surface area contributed by atoms with Gasteiger partial charge in [0.2, 0.25) is 30.0 Å². The fourth-order valence-electron chi connectivity index (χ4n) is 11.2. The summed E-state index contributed by atoms with van der Waals surface area (Å²) in [6, 6.07) is 15.7. The fourth-order valence-corrected chi connectivity index (χ4v) is 11.2. The van der Waals surface area contributed by atoms with Crippen LogP contribution < -0.4 is 41.6 Å². The number of benzene rings is 2. The predicted octanol–water partition coefficient (Wildman–Crippen LogP) is 2.43. The number of nitrogens with one attached hydrogen (secondary N) is 3. The first kappa shape index (κ1) is 70.2. The number of hydrogen-bond acceptors (Lipinski definition) is 22.